The highest BCUT2D eigenvalue weighted by atomic mass is 35.5. The highest BCUT2D eigenvalue weighted by Crippen LogP contribution is 2.38. The molecule has 2 aromatic carbocycles. The molecule has 0 amide bonds. The van der Waals surface area contributed by atoms with Crippen molar-refractivity contribution in [2.45, 2.75) is 13.8 Å². The molecular weight excluding hydrogens is 374 g/mol. The quantitative estimate of drug-likeness (QED) is 0.513. The first-order chi connectivity index (χ1) is 13.5. The number of halogens is 1. The van der Waals surface area contributed by atoms with E-state index < -0.39 is 5.97 Å². The van der Waals surface area contributed by atoms with E-state index in [1.807, 2.05) is 56.3 Å². The summed E-state index contributed by atoms with van der Waals surface area (Å²) in [5, 5.41) is 9.85. The Morgan fingerprint density at radius 3 is 2.50 bits per heavy atom. The monoisotopic (exact) mass is 393 g/mol. The van der Waals surface area contributed by atoms with Crippen LogP contribution in [0.15, 0.2) is 72.3 Å². The second-order valence-electron chi connectivity index (χ2n) is 6.49. The Morgan fingerprint density at radius 1 is 1.04 bits per heavy atom. The van der Waals surface area contributed by atoms with E-state index in [0.29, 0.717) is 23.1 Å². The molecule has 142 valence electrons. The van der Waals surface area contributed by atoms with Crippen LogP contribution in [-0.2, 0) is 0 Å². The van der Waals surface area contributed by atoms with Crippen molar-refractivity contribution in [2.75, 3.05) is 6.61 Å². The van der Waals surface area contributed by atoms with Gasteiger partial charge in [-0.05, 0) is 55.8 Å². The molecule has 28 heavy (non-hydrogen) atoms. The number of aromatic nitrogens is 1. The van der Waals surface area contributed by atoms with Crippen molar-refractivity contribution in [1.82, 2.24) is 4.98 Å². The molecule has 5 heteroatoms. The minimum atomic E-state index is -1.06. The predicted molar refractivity (Wildman–Crippen MR) is 112 cm³/mol. The summed E-state index contributed by atoms with van der Waals surface area (Å²) in [6, 6.07) is 18.1. The molecule has 3 rings (SSSR count). The van der Waals surface area contributed by atoms with Crippen LogP contribution in [0.4, 0.5) is 0 Å². The summed E-state index contributed by atoms with van der Waals surface area (Å²) in [5.41, 5.74) is 4.25. The smallest absolute Gasteiger partial charge is 0.354 e. The molecule has 0 fully saturated rings. The van der Waals surface area contributed by atoms with Gasteiger partial charge in [-0.2, -0.15) is 0 Å². The molecule has 1 N–H and O–H groups in total. The summed E-state index contributed by atoms with van der Waals surface area (Å²) in [6.07, 6.45) is 2.00. The molecule has 0 radical (unpaired) electrons. The number of carbonyl (C=O) groups is 1. The number of carboxylic acids is 1. The van der Waals surface area contributed by atoms with Crippen LogP contribution in [0.2, 0.25) is 5.02 Å². The maximum Gasteiger partial charge on any atom is 0.354 e. The molecule has 1 heterocycles. The molecule has 1 aromatic heterocycles. The first-order valence-corrected chi connectivity index (χ1v) is 9.19. The van der Waals surface area contributed by atoms with E-state index in [-0.39, 0.29) is 5.69 Å². The van der Waals surface area contributed by atoms with Crippen LogP contribution in [0.1, 0.15) is 24.3 Å². The average molecular weight is 394 g/mol. The number of ether oxygens (including phenoxy) is 1. The van der Waals surface area contributed by atoms with Crippen LogP contribution < -0.4 is 4.74 Å². The molecule has 0 bridgehead atoms. The topological polar surface area (TPSA) is 59.4 Å². The van der Waals surface area contributed by atoms with Crippen molar-refractivity contribution in [3.05, 3.63) is 83.0 Å². The number of hydrogen-bond acceptors (Lipinski definition) is 3. The van der Waals surface area contributed by atoms with Gasteiger partial charge >= 0.3 is 5.97 Å². The van der Waals surface area contributed by atoms with Crippen molar-refractivity contribution in [3.8, 4) is 28.1 Å². The summed E-state index contributed by atoms with van der Waals surface area (Å²) in [5.74, 6) is -0.364. The molecule has 0 aliphatic carbocycles. The molecule has 0 spiro atoms. The number of aromatic carboxylic acids is 1. The average Bonchev–Trinajstić information content (AvgIpc) is 2.69. The summed E-state index contributed by atoms with van der Waals surface area (Å²) in [4.78, 5) is 15.6. The Bertz CT molecular complexity index is 1040. The molecule has 3 aromatic rings. The zero-order chi connectivity index (χ0) is 20.1. The summed E-state index contributed by atoms with van der Waals surface area (Å²) in [6.45, 7) is 4.48. The maximum atomic E-state index is 11.3. The Labute approximate surface area is 169 Å². The lowest BCUT2D eigenvalue weighted by Crippen LogP contribution is -2.01. The van der Waals surface area contributed by atoms with Gasteiger partial charge in [-0.15, -0.1) is 0 Å². The van der Waals surface area contributed by atoms with Crippen molar-refractivity contribution in [3.63, 3.8) is 0 Å². The summed E-state index contributed by atoms with van der Waals surface area (Å²) in [7, 11) is 0. The number of nitrogens with zero attached hydrogens (tertiary/aromatic N) is 1. The fourth-order valence-electron chi connectivity index (χ4n) is 2.78. The summed E-state index contributed by atoms with van der Waals surface area (Å²) < 4.78 is 5.96. The van der Waals surface area contributed by atoms with Gasteiger partial charge in [-0.25, -0.2) is 9.78 Å². The van der Waals surface area contributed by atoms with Crippen LogP contribution in [0.25, 0.3) is 22.4 Å². The third kappa shape index (κ3) is 4.59. The van der Waals surface area contributed by atoms with Gasteiger partial charge in [0.15, 0.2) is 0 Å². The minimum Gasteiger partial charge on any atom is -0.489 e. The van der Waals surface area contributed by atoms with E-state index in [2.05, 4.69) is 4.98 Å². The van der Waals surface area contributed by atoms with Crippen LogP contribution in [-0.4, -0.2) is 22.7 Å². The van der Waals surface area contributed by atoms with E-state index in [1.165, 1.54) is 11.6 Å². The lowest BCUT2D eigenvalue weighted by molar-refractivity contribution is 0.0690. The number of allylic oxidation sites excluding steroid dienone is 1. The third-order valence-electron chi connectivity index (χ3n) is 4.13. The van der Waals surface area contributed by atoms with Gasteiger partial charge < -0.3 is 9.84 Å². The normalized spacial score (nSPS) is 10.4. The molecule has 0 aliphatic rings. The van der Waals surface area contributed by atoms with Crippen molar-refractivity contribution in [1.29, 1.82) is 0 Å². The molecular formula is C23H20ClNO3. The summed E-state index contributed by atoms with van der Waals surface area (Å²) >= 11 is 6.26. The predicted octanol–water partition coefficient (Wildman–Crippen LogP) is 6.11. The SMILES string of the molecule is CC(C)=CCOc1ccc(Cl)cc1-c1ccccc1-c1cccc(C(=O)O)n1. The first-order valence-electron chi connectivity index (χ1n) is 8.81. The molecule has 0 unspecified atom stereocenters. The minimum absolute atomic E-state index is 0.00145. The van der Waals surface area contributed by atoms with Gasteiger partial charge in [0, 0.05) is 16.1 Å². The highest BCUT2D eigenvalue weighted by molar-refractivity contribution is 6.31. The fraction of sp³-hybridized carbons (Fsp3) is 0.130. The Balaban J connectivity index is 2.11. The lowest BCUT2D eigenvalue weighted by Gasteiger charge is -2.15. The Kier molecular flexibility index (Phi) is 6.12. The number of carboxylic acid groups (broad SMARTS) is 1. The van der Waals surface area contributed by atoms with Crippen molar-refractivity contribution in [2.24, 2.45) is 0 Å². The fourth-order valence-corrected chi connectivity index (χ4v) is 2.95. The zero-order valence-electron chi connectivity index (χ0n) is 15.6. The largest absolute Gasteiger partial charge is 0.489 e. The van der Waals surface area contributed by atoms with Gasteiger partial charge in [0.25, 0.3) is 0 Å². The maximum absolute atomic E-state index is 11.3. The molecule has 0 aliphatic heterocycles. The van der Waals surface area contributed by atoms with E-state index in [1.54, 1.807) is 18.2 Å². The number of pyridine rings is 1. The van der Waals surface area contributed by atoms with E-state index in [0.717, 1.165) is 16.7 Å². The van der Waals surface area contributed by atoms with Crippen molar-refractivity contribution < 1.29 is 14.6 Å². The van der Waals surface area contributed by atoms with Crippen LogP contribution in [0.5, 0.6) is 5.75 Å². The van der Waals surface area contributed by atoms with Crippen LogP contribution in [0.3, 0.4) is 0 Å². The van der Waals surface area contributed by atoms with E-state index >= 15 is 0 Å². The van der Waals surface area contributed by atoms with Gasteiger partial charge in [0.05, 0.1) is 5.69 Å². The standard InChI is InChI=1S/C23H20ClNO3/c1-15(2)12-13-28-22-11-10-16(24)14-19(22)17-6-3-4-7-18(17)20-8-5-9-21(25-20)23(26)27/h3-12,14H,13H2,1-2H3,(H,26,27). The highest BCUT2D eigenvalue weighted by Gasteiger charge is 2.15. The van der Waals surface area contributed by atoms with Crippen LogP contribution in [0, 0.1) is 0 Å². The van der Waals surface area contributed by atoms with Gasteiger partial charge in [0.1, 0.15) is 18.1 Å². The first kappa shape index (κ1) is 19.6. The van der Waals surface area contributed by atoms with Gasteiger partial charge in [-0.1, -0.05) is 47.5 Å². The van der Waals surface area contributed by atoms with Gasteiger partial charge in [0.2, 0.25) is 0 Å². The molecule has 4 nitrogen and oxygen atoms in total. The lowest BCUT2D eigenvalue weighted by atomic mass is 9.96. The molecule has 0 saturated carbocycles. The number of rotatable bonds is 6. The third-order valence-corrected chi connectivity index (χ3v) is 4.37. The Morgan fingerprint density at radius 2 is 1.79 bits per heavy atom. The Hall–Kier alpha value is -3.11. The van der Waals surface area contributed by atoms with Crippen molar-refractivity contribution >= 4 is 17.6 Å². The second kappa shape index (κ2) is 8.72. The zero-order valence-corrected chi connectivity index (χ0v) is 16.4. The van der Waals surface area contributed by atoms with E-state index in [9.17, 15) is 9.90 Å². The molecule has 0 saturated heterocycles. The van der Waals surface area contributed by atoms with E-state index in [4.69, 9.17) is 16.3 Å². The molecule has 0 atom stereocenters. The number of hydrogen-bond donors (Lipinski definition) is 1. The second-order valence-corrected chi connectivity index (χ2v) is 6.93. The van der Waals surface area contributed by atoms with Crippen LogP contribution >= 0.6 is 11.6 Å². The van der Waals surface area contributed by atoms with Gasteiger partial charge in [-0.3, -0.25) is 0 Å². The number of benzene rings is 2.